The predicted octanol–water partition coefficient (Wildman–Crippen LogP) is 1.89. The second-order valence-corrected chi connectivity index (χ2v) is 6.87. The summed E-state index contributed by atoms with van der Waals surface area (Å²) >= 11 is 3.47. The summed E-state index contributed by atoms with van der Waals surface area (Å²) in [5.41, 5.74) is 0.493. The monoisotopic (exact) mass is 416 g/mol. The number of aromatic nitrogens is 3. The normalized spacial score (nSPS) is 12.2. The summed E-state index contributed by atoms with van der Waals surface area (Å²) in [4.78, 5) is 41.0. The molecular formula is C18H17BrN4O3. The van der Waals surface area contributed by atoms with Crippen LogP contribution in [0.5, 0.6) is 0 Å². The van der Waals surface area contributed by atoms with Crippen molar-refractivity contribution in [3.8, 4) is 0 Å². The molecular weight excluding hydrogens is 400 g/mol. The van der Waals surface area contributed by atoms with E-state index in [2.05, 4.69) is 26.2 Å². The van der Waals surface area contributed by atoms with Crippen LogP contribution in [0.25, 0.3) is 11.0 Å². The summed E-state index contributed by atoms with van der Waals surface area (Å²) in [6.07, 6.45) is 1.36. The number of carbonyl (C=O) groups is 1. The lowest BCUT2D eigenvalue weighted by atomic mass is 10.1. The number of carbonyl (C=O) groups excluding carboxylic acids is 1. The fraction of sp³-hybridized carbons (Fsp3) is 0.222. The zero-order chi connectivity index (χ0) is 19.0. The first-order valence-corrected chi connectivity index (χ1v) is 8.71. The Balaban J connectivity index is 1.98. The number of aryl methyl sites for hydroxylation is 1. The molecule has 3 rings (SSSR count). The molecule has 1 amide bonds. The number of nitrogens with zero attached hydrogens (tertiary/aromatic N) is 3. The van der Waals surface area contributed by atoms with Gasteiger partial charge in [0.1, 0.15) is 5.65 Å². The molecule has 134 valence electrons. The van der Waals surface area contributed by atoms with E-state index in [0.29, 0.717) is 0 Å². The van der Waals surface area contributed by atoms with Gasteiger partial charge < -0.3 is 5.32 Å². The molecule has 0 bridgehead atoms. The van der Waals surface area contributed by atoms with Crippen molar-refractivity contribution >= 4 is 32.9 Å². The van der Waals surface area contributed by atoms with E-state index < -0.39 is 11.2 Å². The van der Waals surface area contributed by atoms with E-state index >= 15 is 0 Å². The third-order valence-corrected chi connectivity index (χ3v) is 5.00. The van der Waals surface area contributed by atoms with Crippen molar-refractivity contribution in [2.45, 2.75) is 13.0 Å². The molecule has 0 spiro atoms. The highest BCUT2D eigenvalue weighted by Gasteiger charge is 2.16. The van der Waals surface area contributed by atoms with Gasteiger partial charge in [0.2, 0.25) is 0 Å². The molecule has 7 nitrogen and oxygen atoms in total. The third kappa shape index (κ3) is 3.08. The van der Waals surface area contributed by atoms with Crippen LogP contribution in [0.3, 0.4) is 0 Å². The largest absolute Gasteiger partial charge is 0.345 e. The Morgan fingerprint density at radius 1 is 1.19 bits per heavy atom. The fourth-order valence-electron chi connectivity index (χ4n) is 2.77. The van der Waals surface area contributed by atoms with Crippen LogP contribution in [0.15, 0.2) is 50.6 Å². The number of halogens is 1. The lowest BCUT2D eigenvalue weighted by molar-refractivity contribution is 0.0939. The van der Waals surface area contributed by atoms with E-state index in [-0.39, 0.29) is 28.5 Å². The number of hydrogen-bond donors (Lipinski definition) is 1. The summed E-state index contributed by atoms with van der Waals surface area (Å²) in [5.74, 6) is -0.349. The zero-order valence-electron chi connectivity index (χ0n) is 14.5. The first kappa shape index (κ1) is 18.1. The predicted molar refractivity (Wildman–Crippen MR) is 102 cm³/mol. The average molecular weight is 417 g/mol. The molecule has 0 radical (unpaired) electrons. The van der Waals surface area contributed by atoms with Crippen LogP contribution in [-0.4, -0.2) is 20.0 Å². The summed E-state index contributed by atoms with van der Waals surface area (Å²) in [6.45, 7) is 1.87. The van der Waals surface area contributed by atoms with Gasteiger partial charge in [0.15, 0.2) is 0 Å². The SMILES string of the molecule is CC(NC(=O)c1cnc2c(c1)c(=O)n(C)c(=O)n2C)c1ccccc1Br. The maximum atomic E-state index is 12.6. The first-order valence-electron chi connectivity index (χ1n) is 7.92. The third-order valence-electron chi connectivity index (χ3n) is 4.27. The Labute approximate surface area is 157 Å². The number of hydrogen-bond acceptors (Lipinski definition) is 4. The Morgan fingerprint density at radius 3 is 2.58 bits per heavy atom. The molecule has 26 heavy (non-hydrogen) atoms. The molecule has 3 aromatic rings. The molecule has 1 N–H and O–H groups in total. The number of pyridine rings is 1. The summed E-state index contributed by atoms with van der Waals surface area (Å²) in [5, 5.41) is 3.11. The minimum absolute atomic E-state index is 0.218. The van der Waals surface area contributed by atoms with E-state index in [0.717, 1.165) is 14.6 Å². The highest BCUT2D eigenvalue weighted by molar-refractivity contribution is 9.10. The van der Waals surface area contributed by atoms with Gasteiger partial charge in [0.05, 0.1) is 17.0 Å². The highest BCUT2D eigenvalue weighted by atomic mass is 79.9. The van der Waals surface area contributed by atoms with E-state index in [4.69, 9.17) is 0 Å². The molecule has 1 atom stereocenters. The highest BCUT2D eigenvalue weighted by Crippen LogP contribution is 2.23. The number of amides is 1. The van der Waals surface area contributed by atoms with Crippen LogP contribution in [0, 0.1) is 0 Å². The van der Waals surface area contributed by atoms with Gasteiger partial charge in [-0.25, -0.2) is 9.78 Å². The molecule has 0 saturated carbocycles. The number of rotatable bonds is 3. The minimum atomic E-state index is -0.482. The van der Waals surface area contributed by atoms with E-state index in [9.17, 15) is 14.4 Å². The molecule has 0 fully saturated rings. The van der Waals surface area contributed by atoms with Crippen LogP contribution >= 0.6 is 15.9 Å². The maximum Gasteiger partial charge on any atom is 0.332 e. The molecule has 8 heteroatoms. The van der Waals surface area contributed by atoms with Gasteiger partial charge in [-0.1, -0.05) is 34.1 Å². The van der Waals surface area contributed by atoms with Crippen molar-refractivity contribution < 1.29 is 4.79 Å². The zero-order valence-corrected chi connectivity index (χ0v) is 16.1. The Morgan fingerprint density at radius 2 is 1.88 bits per heavy atom. The first-order chi connectivity index (χ1) is 12.3. The summed E-state index contributed by atoms with van der Waals surface area (Å²) < 4.78 is 3.17. The molecule has 0 aliphatic heterocycles. The van der Waals surface area contributed by atoms with Crippen LogP contribution < -0.4 is 16.6 Å². The van der Waals surface area contributed by atoms with Crippen molar-refractivity contribution in [3.05, 3.63) is 73.0 Å². The summed E-state index contributed by atoms with van der Waals surface area (Å²) in [6, 6.07) is 8.84. The lowest BCUT2D eigenvalue weighted by Crippen LogP contribution is -2.37. The molecule has 0 aliphatic carbocycles. The lowest BCUT2D eigenvalue weighted by Gasteiger charge is -2.16. The van der Waals surface area contributed by atoms with Crippen LogP contribution in [0.1, 0.15) is 28.9 Å². The fourth-order valence-corrected chi connectivity index (χ4v) is 3.40. The van der Waals surface area contributed by atoms with Gasteiger partial charge in [-0.15, -0.1) is 0 Å². The second-order valence-electron chi connectivity index (χ2n) is 6.02. The van der Waals surface area contributed by atoms with Crippen molar-refractivity contribution in [2.75, 3.05) is 0 Å². The molecule has 0 saturated heterocycles. The average Bonchev–Trinajstić information content (AvgIpc) is 2.64. The molecule has 1 unspecified atom stereocenters. The van der Waals surface area contributed by atoms with Gasteiger partial charge >= 0.3 is 5.69 Å². The Kier molecular flexibility index (Phi) is 4.78. The van der Waals surface area contributed by atoms with Crippen LogP contribution in [0.4, 0.5) is 0 Å². The van der Waals surface area contributed by atoms with E-state index in [1.165, 1.54) is 30.9 Å². The van der Waals surface area contributed by atoms with Crippen LogP contribution in [0.2, 0.25) is 0 Å². The number of fused-ring (bicyclic) bond motifs is 1. The Hall–Kier alpha value is -2.74. The Bertz CT molecular complexity index is 1130. The van der Waals surface area contributed by atoms with E-state index in [1.54, 1.807) is 0 Å². The number of nitrogens with one attached hydrogen (secondary N) is 1. The topological polar surface area (TPSA) is 86.0 Å². The standard InChI is InChI=1S/C18H17BrN4O3/c1-10(12-6-4-5-7-14(12)19)21-16(24)11-8-13-15(20-9-11)22(2)18(26)23(3)17(13)25/h4-10H,1-3H3,(H,21,24). The van der Waals surface area contributed by atoms with Crippen molar-refractivity contribution in [1.29, 1.82) is 0 Å². The van der Waals surface area contributed by atoms with Gasteiger partial charge in [0, 0.05) is 24.8 Å². The minimum Gasteiger partial charge on any atom is -0.345 e. The molecule has 2 aromatic heterocycles. The number of benzene rings is 1. The van der Waals surface area contributed by atoms with Crippen molar-refractivity contribution in [3.63, 3.8) is 0 Å². The quantitative estimate of drug-likeness (QED) is 0.705. The maximum absolute atomic E-state index is 12.6. The van der Waals surface area contributed by atoms with Gasteiger partial charge in [0.25, 0.3) is 11.5 Å². The van der Waals surface area contributed by atoms with Gasteiger partial charge in [-0.3, -0.25) is 18.7 Å². The van der Waals surface area contributed by atoms with Gasteiger partial charge in [-0.2, -0.15) is 0 Å². The molecule has 0 aliphatic rings. The van der Waals surface area contributed by atoms with E-state index in [1.807, 2.05) is 31.2 Å². The molecule has 1 aromatic carbocycles. The summed E-state index contributed by atoms with van der Waals surface area (Å²) in [7, 11) is 2.93. The second kappa shape index (κ2) is 6.87. The van der Waals surface area contributed by atoms with Crippen molar-refractivity contribution in [2.24, 2.45) is 14.1 Å². The smallest absolute Gasteiger partial charge is 0.332 e. The van der Waals surface area contributed by atoms with Crippen molar-refractivity contribution in [1.82, 2.24) is 19.4 Å². The van der Waals surface area contributed by atoms with Gasteiger partial charge in [-0.05, 0) is 24.6 Å². The molecule has 2 heterocycles. The van der Waals surface area contributed by atoms with Crippen LogP contribution in [-0.2, 0) is 14.1 Å².